The lowest BCUT2D eigenvalue weighted by atomic mass is 10.1. The van der Waals surface area contributed by atoms with Gasteiger partial charge in [0.15, 0.2) is 5.75 Å². The van der Waals surface area contributed by atoms with Crippen LogP contribution >= 0.6 is 15.9 Å². The van der Waals surface area contributed by atoms with Crippen LogP contribution in [0.15, 0.2) is 28.9 Å². The Morgan fingerprint density at radius 2 is 1.90 bits per heavy atom. The van der Waals surface area contributed by atoms with Crippen molar-refractivity contribution < 1.29 is 25.8 Å². The number of hydrogen-bond donors (Lipinski definition) is 0. The molecule has 0 aliphatic heterocycles. The van der Waals surface area contributed by atoms with Crippen molar-refractivity contribution in [2.24, 2.45) is 0 Å². The first kappa shape index (κ1) is 15.0. The normalized spacial score (nSPS) is 12.7. The summed E-state index contributed by atoms with van der Waals surface area (Å²) < 4.78 is 63.9. The number of halogens is 4. The number of nitrogens with zero attached hydrogens (tertiary/aromatic N) is 1. The lowest BCUT2D eigenvalue weighted by Crippen LogP contribution is -2.28. The molecule has 0 atom stereocenters. The predicted molar refractivity (Wildman–Crippen MR) is 69.8 cm³/mol. The van der Waals surface area contributed by atoms with Crippen molar-refractivity contribution in [3.8, 4) is 5.75 Å². The molecule has 0 N–H and O–H groups in total. The van der Waals surface area contributed by atoms with Gasteiger partial charge in [-0.15, -0.1) is 0 Å². The number of aromatic nitrogens is 1. The SMILES string of the molecule is Cc1cc2c(OS(=O)(=O)C(F)(F)F)ccc(Br)c2cn1. The largest absolute Gasteiger partial charge is 0.534 e. The second-order valence-electron chi connectivity index (χ2n) is 3.90. The minimum absolute atomic E-state index is 0.222. The fourth-order valence-corrected chi connectivity index (χ4v) is 2.44. The maximum absolute atomic E-state index is 12.3. The lowest BCUT2D eigenvalue weighted by Gasteiger charge is -2.12. The summed E-state index contributed by atoms with van der Waals surface area (Å²) in [7, 11) is -5.70. The van der Waals surface area contributed by atoms with Gasteiger partial charge in [-0.2, -0.15) is 21.6 Å². The van der Waals surface area contributed by atoms with E-state index in [4.69, 9.17) is 0 Å². The van der Waals surface area contributed by atoms with E-state index in [1.165, 1.54) is 18.3 Å². The van der Waals surface area contributed by atoms with Gasteiger partial charge in [-0.25, -0.2) is 0 Å². The number of fused-ring (bicyclic) bond motifs is 1. The van der Waals surface area contributed by atoms with E-state index in [0.29, 0.717) is 15.6 Å². The summed E-state index contributed by atoms with van der Waals surface area (Å²) in [6, 6.07) is 3.98. The van der Waals surface area contributed by atoms with Gasteiger partial charge in [-0.3, -0.25) is 4.98 Å². The molecule has 1 aromatic heterocycles. The maximum Gasteiger partial charge on any atom is 0.534 e. The van der Waals surface area contributed by atoms with Crippen LogP contribution in [-0.2, 0) is 10.1 Å². The molecule has 108 valence electrons. The summed E-state index contributed by atoms with van der Waals surface area (Å²) in [6.07, 6.45) is 1.42. The molecule has 0 unspecified atom stereocenters. The minimum Gasteiger partial charge on any atom is -0.375 e. The summed E-state index contributed by atoms with van der Waals surface area (Å²) in [4.78, 5) is 4.00. The maximum atomic E-state index is 12.3. The number of hydrogen-bond acceptors (Lipinski definition) is 4. The third kappa shape index (κ3) is 2.73. The Labute approximate surface area is 120 Å². The van der Waals surface area contributed by atoms with Crippen molar-refractivity contribution in [3.63, 3.8) is 0 Å². The molecule has 0 aliphatic carbocycles. The predicted octanol–water partition coefficient (Wildman–Crippen LogP) is 3.53. The van der Waals surface area contributed by atoms with E-state index in [1.54, 1.807) is 6.92 Å². The van der Waals surface area contributed by atoms with Crippen LogP contribution in [0.3, 0.4) is 0 Å². The van der Waals surface area contributed by atoms with Crippen LogP contribution in [0, 0.1) is 6.92 Å². The zero-order valence-electron chi connectivity index (χ0n) is 9.90. The quantitative estimate of drug-likeness (QED) is 0.600. The van der Waals surface area contributed by atoms with Crippen LogP contribution in [0.5, 0.6) is 5.75 Å². The zero-order valence-corrected chi connectivity index (χ0v) is 12.3. The lowest BCUT2D eigenvalue weighted by molar-refractivity contribution is -0.0499. The number of pyridine rings is 1. The molecule has 1 heterocycles. The average molecular weight is 370 g/mol. The van der Waals surface area contributed by atoms with E-state index >= 15 is 0 Å². The Morgan fingerprint density at radius 1 is 1.25 bits per heavy atom. The average Bonchev–Trinajstić information content (AvgIpc) is 2.31. The first-order chi connectivity index (χ1) is 9.12. The highest BCUT2D eigenvalue weighted by Gasteiger charge is 2.48. The van der Waals surface area contributed by atoms with Crippen LogP contribution < -0.4 is 4.18 Å². The monoisotopic (exact) mass is 369 g/mol. The van der Waals surface area contributed by atoms with E-state index in [2.05, 4.69) is 25.1 Å². The van der Waals surface area contributed by atoms with E-state index in [1.807, 2.05) is 0 Å². The topological polar surface area (TPSA) is 56.3 Å². The summed E-state index contributed by atoms with van der Waals surface area (Å²) in [5, 5.41) is 0.671. The van der Waals surface area contributed by atoms with E-state index in [0.717, 1.165) is 6.07 Å². The Balaban J connectivity index is 2.62. The van der Waals surface area contributed by atoms with Gasteiger partial charge in [0, 0.05) is 27.1 Å². The van der Waals surface area contributed by atoms with Gasteiger partial charge in [-0.1, -0.05) is 15.9 Å². The summed E-state index contributed by atoms with van der Waals surface area (Å²) in [5.74, 6) is -0.397. The van der Waals surface area contributed by atoms with Gasteiger partial charge in [0.25, 0.3) is 0 Å². The van der Waals surface area contributed by atoms with Crippen LogP contribution in [0.4, 0.5) is 13.2 Å². The molecular formula is C11H7BrF3NO3S. The van der Waals surface area contributed by atoms with E-state index in [-0.39, 0.29) is 5.39 Å². The van der Waals surface area contributed by atoms with E-state index < -0.39 is 21.4 Å². The van der Waals surface area contributed by atoms with Gasteiger partial charge in [0.2, 0.25) is 0 Å². The third-order valence-corrected chi connectivity index (χ3v) is 4.08. The summed E-state index contributed by atoms with van der Waals surface area (Å²) in [6.45, 7) is 1.63. The molecule has 9 heteroatoms. The Bertz CT molecular complexity index is 774. The second kappa shape index (κ2) is 4.88. The molecule has 4 nitrogen and oxygen atoms in total. The summed E-state index contributed by atoms with van der Waals surface area (Å²) in [5.41, 5.74) is -4.96. The molecule has 0 radical (unpaired) electrons. The first-order valence-electron chi connectivity index (χ1n) is 5.17. The fourth-order valence-electron chi connectivity index (χ4n) is 1.52. The van der Waals surface area contributed by atoms with Gasteiger partial charge in [0.05, 0.1) is 0 Å². The van der Waals surface area contributed by atoms with Crippen LogP contribution in [0.1, 0.15) is 5.69 Å². The highest BCUT2D eigenvalue weighted by Crippen LogP contribution is 2.35. The van der Waals surface area contributed by atoms with Gasteiger partial charge in [0.1, 0.15) is 0 Å². The van der Waals surface area contributed by atoms with Crippen molar-refractivity contribution in [1.82, 2.24) is 4.98 Å². The molecule has 0 bridgehead atoms. The molecule has 0 saturated heterocycles. The van der Waals surface area contributed by atoms with Crippen LogP contribution in [-0.4, -0.2) is 18.9 Å². The highest BCUT2D eigenvalue weighted by atomic mass is 79.9. The van der Waals surface area contributed by atoms with Crippen molar-refractivity contribution in [3.05, 3.63) is 34.6 Å². The second-order valence-corrected chi connectivity index (χ2v) is 6.29. The molecule has 0 fully saturated rings. The zero-order chi connectivity index (χ0) is 15.1. The van der Waals surface area contributed by atoms with Crippen LogP contribution in [0.2, 0.25) is 0 Å². The standard InChI is InChI=1S/C11H7BrF3NO3S/c1-6-4-7-8(5-16-6)9(12)2-3-10(7)19-20(17,18)11(13,14)15/h2-5H,1H3. The van der Waals surface area contributed by atoms with Gasteiger partial charge >= 0.3 is 15.6 Å². The Hall–Kier alpha value is -1.35. The Kier molecular flexibility index (Phi) is 3.67. The smallest absolute Gasteiger partial charge is 0.375 e. The molecule has 1 aromatic carbocycles. The fraction of sp³-hybridized carbons (Fsp3) is 0.182. The van der Waals surface area contributed by atoms with Gasteiger partial charge in [-0.05, 0) is 25.1 Å². The van der Waals surface area contributed by atoms with E-state index in [9.17, 15) is 21.6 Å². The van der Waals surface area contributed by atoms with Crippen molar-refractivity contribution in [2.75, 3.05) is 0 Å². The molecule has 2 aromatic rings. The van der Waals surface area contributed by atoms with Crippen molar-refractivity contribution in [1.29, 1.82) is 0 Å². The molecule has 0 amide bonds. The molecule has 20 heavy (non-hydrogen) atoms. The first-order valence-corrected chi connectivity index (χ1v) is 7.37. The molecular weight excluding hydrogens is 363 g/mol. The van der Waals surface area contributed by atoms with Crippen molar-refractivity contribution in [2.45, 2.75) is 12.4 Å². The molecule has 0 spiro atoms. The Morgan fingerprint density at radius 3 is 2.50 bits per heavy atom. The van der Waals surface area contributed by atoms with Crippen LogP contribution in [0.25, 0.3) is 10.8 Å². The number of rotatable bonds is 2. The summed E-state index contributed by atoms with van der Waals surface area (Å²) >= 11 is 3.21. The number of alkyl halides is 3. The van der Waals surface area contributed by atoms with Crippen molar-refractivity contribution >= 4 is 36.8 Å². The number of benzene rings is 1. The van der Waals surface area contributed by atoms with Gasteiger partial charge < -0.3 is 4.18 Å². The molecule has 0 saturated carbocycles. The number of aryl methyl sites for hydroxylation is 1. The molecule has 0 aliphatic rings. The highest BCUT2D eigenvalue weighted by molar-refractivity contribution is 9.10. The third-order valence-electron chi connectivity index (χ3n) is 2.43. The minimum atomic E-state index is -5.70. The molecule has 2 rings (SSSR count).